The van der Waals surface area contributed by atoms with Crippen molar-refractivity contribution < 1.29 is 0 Å². The number of hydrogen-bond acceptors (Lipinski definition) is 2. The van der Waals surface area contributed by atoms with Crippen molar-refractivity contribution in [2.45, 2.75) is 367 Å². The van der Waals surface area contributed by atoms with Crippen LogP contribution in [0.2, 0.25) is 0 Å². The van der Waals surface area contributed by atoms with Crippen molar-refractivity contribution in [3.8, 4) is 0 Å². The summed E-state index contributed by atoms with van der Waals surface area (Å²) in [6.45, 7) is 8.73. The summed E-state index contributed by atoms with van der Waals surface area (Å²) in [6, 6.07) is 2.32. The number of nitrogens with zero attached hydrogens (tertiary/aromatic N) is 2. The molecule has 0 saturated carbocycles. The molecule has 0 atom stereocenters. The van der Waals surface area contributed by atoms with Gasteiger partial charge in [-0.05, 0) is 38.7 Å². The summed E-state index contributed by atoms with van der Waals surface area (Å²) < 4.78 is 0. The van der Waals surface area contributed by atoms with Gasteiger partial charge in [-0.1, -0.05) is 335 Å². The molecule has 0 bridgehead atoms. The molecule has 2 nitrogen and oxygen atoms in total. The molecule has 0 saturated heterocycles. The molecule has 0 spiro atoms. The molecule has 64 heavy (non-hydrogen) atoms. The van der Waals surface area contributed by atoms with Crippen molar-refractivity contribution in [2.75, 3.05) is 0 Å². The van der Waals surface area contributed by atoms with Crippen LogP contribution in [0.3, 0.4) is 0 Å². The van der Waals surface area contributed by atoms with Gasteiger partial charge in [-0.15, -0.1) is 0 Å². The van der Waals surface area contributed by atoms with Crippen molar-refractivity contribution in [1.29, 1.82) is 0 Å². The zero-order valence-electron chi connectivity index (χ0n) is 44.6. The van der Waals surface area contributed by atoms with E-state index in [1.165, 1.54) is 345 Å². The van der Waals surface area contributed by atoms with Gasteiger partial charge >= 0.3 is 0 Å². The predicted octanol–water partition coefficient (Wildman–Crippen LogP) is 22.3. The van der Waals surface area contributed by atoms with Gasteiger partial charge in [0.2, 0.25) is 0 Å². The molecular formula is C62H119N2. The Balaban J connectivity index is 1.83. The van der Waals surface area contributed by atoms with Crippen LogP contribution in [0.5, 0.6) is 0 Å². The largest absolute Gasteiger partial charge is 0.238 e. The third-order valence-electron chi connectivity index (χ3n) is 14.7. The molecule has 1 aromatic heterocycles. The molecule has 0 amide bonds. The van der Waals surface area contributed by atoms with Gasteiger partial charge < -0.3 is 0 Å². The van der Waals surface area contributed by atoms with E-state index in [-0.39, 0.29) is 0 Å². The third-order valence-corrected chi connectivity index (χ3v) is 14.7. The third kappa shape index (κ3) is 46.2. The van der Waals surface area contributed by atoms with Gasteiger partial charge in [-0.3, -0.25) is 0 Å². The minimum Gasteiger partial charge on any atom is -0.238 e. The first-order chi connectivity index (χ1) is 31.8. The highest BCUT2D eigenvalue weighted by Gasteiger charge is 2.05. The molecule has 0 fully saturated rings. The average Bonchev–Trinajstić information content (AvgIpc) is 3.31. The topological polar surface area (TPSA) is 25.8 Å². The second-order valence-electron chi connectivity index (χ2n) is 21.2. The van der Waals surface area contributed by atoms with E-state index in [9.17, 15) is 0 Å². The first-order valence-electron chi connectivity index (χ1n) is 30.4. The molecule has 0 N–H and O–H groups in total. The van der Waals surface area contributed by atoms with E-state index < -0.39 is 0 Å². The Morgan fingerprint density at radius 2 is 0.406 bits per heavy atom. The van der Waals surface area contributed by atoms with E-state index >= 15 is 0 Å². The molecule has 2 heteroatoms. The van der Waals surface area contributed by atoms with Gasteiger partial charge in [0.1, 0.15) is 5.82 Å². The van der Waals surface area contributed by atoms with Crippen LogP contribution in [-0.2, 0) is 19.3 Å². The van der Waals surface area contributed by atoms with Gasteiger partial charge in [0.25, 0.3) is 0 Å². The van der Waals surface area contributed by atoms with Crippen molar-refractivity contribution in [2.24, 2.45) is 0 Å². The monoisotopic (exact) mass is 892 g/mol. The van der Waals surface area contributed by atoms with Gasteiger partial charge in [0.05, 0.1) is 0 Å². The molecule has 1 heterocycles. The summed E-state index contributed by atoms with van der Waals surface area (Å²) in [7, 11) is 0. The Morgan fingerprint density at radius 1 is 0.250 bits per heavy atom. The van der Waals surface area contributed by atoms with Gasteiger partial charge in [-0.2, -0.15) is 0 Å². The molecule has 0 aromatic carbocycles. The lowest BCUT2D eigenvalue weighted by molar-refractivity contribution is 0.515. The van der Waals surface area contributed by atoms with Crippen LogP contribution >= 0.6 is 0 Å². The lowest BCUT2D eigenvalue weighted by atomic mass is 10.0. The first-order valence-corrected chi connectivity index (χ1v) is 30.4. The van der Waals surface area contributed by atoms with Crippen LogP contribution in [-0.4, -0.2) is 9.97 Å². The molecule has 0 aliphatic rings. The van der Waals surface area contributed by atoms with Crippen molar-refractivity contribution in [3.05, 3.63) is 30.2 Å². The number of aromatic nitrogens is 2. The highest BCUT2D eigenvalue weighted by Crippen LogP contribution is 2.19. The summed E-state index contributed by atoms with van der Waals surface area (Å²) in [5.74, 6) is 0.956. The van der Waals surface area contributed by atoms with E-state index in [1.807, 2.05) is 0 Å². The maximum atomic E-state index is 4.86. The fourth-order valence-electron chi connectivity index (χ4n) is 10.2. The molecule has 0 unspecified atom stereocenters. The fraction of sp³-hybridized carbons (Fsp3) is 0.919. The minimum absolute atomic E-state index is 0.708. The molecular weight excluding hydrogens is 773 g/mol. The SMILES string of the molecule is [CH2]Cc1nc(CCCCCCCCCCCCCCCCCCCCCCCCCCCC)cc(CCCCCCCCCCCCCCCCCCCCCCCCCCCC)n1. The van der Waals surface area contributed by atoms with Crippen LogP contribution < -0.4 is 0 Å². The summed E-state index contributed by atoms with van der Waals surface area (Å²) >= 11 is 0. The van der Waals surface area contributed by atoms with Gasteiger partial charge in [-0.25, -0.2) is 9.97 Å². The smallest absolute Gasteiger partial charge is 0.128 e. The Hall–Kier alpha value is -0.920. The maximum absolute atomic E-state index is 4.86. The summed E-state index contributed by atoms with van der Waals surface area (Å²) in [5, 5.41) is 0. The van der Waals surface area contributed by atoms with Crippen molar-refractivity contribution in [3.63, 3.8) is 0 Å². The standard InChI is InChI=1S/C62H119N2/c1-4-7-9-11-13-15-17-19-21-23-25-27-29-31-33-35-37-39-41-43-45-47-49-51-53-55-57-60-59-61(64-62(6-3)63-60)58-56-54-52-50-48-46-44-42-40-38-36-34-32-30-28-26-24-22-20-18-16-14-12-10-8-5-2/h59H,3-58H2,1-2H3. The van der Waals surface area contributed by atoms with Crippen LogP contribution in [0.15, 0.2) is 6.07 Å². The summed E-state index contributed by atoms with van der Waals surface area (Å²) in [5.41, 5.74) is 2.53. The number of hydrogen-bond donors (Lipinski definition) is 0. The van der Waals surface area contributed by atoms with E-state index in [0.717, 1.165) is 18.7 Å². The lowest BCUT2D eigenvalue weighted by Crippen LogP contribution is -2.03. The second-order valence-corrected chi connectivity index (χ2v) is 21.2. The quantitative estimate of drug-likeness (QED) is 0.0609. The predicted molar refractivity (Wildman–Crippen MR) is 290 cm³/mol. The van der Waals surface area contributed by atoms with E-state index in [1.54, 1.807) is 0 Å². The highest BCUT2D eigenvalue weighted by atomic mass is 14.9. The Bertz CT molecular complexity index is 928. The van der Waals surface area contributed by atoms with E-state index in [4.69, 9.17) is 9.97 Å². The van der Waals surface area contributed by atoms with E-state index in [0.29, 0.717) is 6.42 Å². The maximum Gasteiger partial charge on any atom is 0.128 e. The van der Waals surface area contributed by atoms with Crippen molar-refractivity contribution >= 4 is 0 Å². The zero-order valence-corrected chi connectivity index (χ0v) is 44.6. The molecule has 0 aliphatic heterocycles. The minimum atomic E-state index is 0.708. The number of unbranched alkanes of at least 4 members (excludes halogenated alkanes) is 50. The van der Waals surface area contributed by atoms with Gasteiger partial charge in [0, 0.05) is 17.8 Å². The van der Waals surface area contributed by atoms with Crippen LogP contribution in [0.25, 0.3) is 0 Å². The second kappa shape index (κ2) is 53.0. The Morgan fingerprint density at radius 3 is 0.562 bits per heavy atom. The summed E-state index contributed by atoms with van der Waals surface area (Å²) in [4.78, 5) is 9.71. The fourth-order valence-corrected chi connectivity index (χ4v) is 10.2. The molecule has 0 aliphatic carbocycles. The zero-order chi connectivity index (χ0) is 45.7. The number of rotatable bonds is 55. The van der Waals surface area contributed by atoms with Gasteiger partial charge in [0.15, 0.2) is 0 Å². The average molecular weight is 893 g/mol. The number of aryl methyl sites for hydroxylation is 2. The molecule has 1 rings (SSSR count). The van der Waals surface area contributed by atoms with Crippen LogP contribution in [0.4, 0.5) is 0 Å². The lowest BCUT2D eigenvalue weighted by Gasteiger charge is -2.08. The Labute approximate surface area is 405 Å². The van der Waals surface area contributed by atoms with Crippen molar-refractivity contribution in [1.82, 2.24) is 9.97 Å². The van der Waals surface area contributed by atoms with Crippen LogP contribution in [0.1, 0.15) is 365 Å². The highest BCUT2D eigenvalue weighted by molar-refractivity contribution is 5.12. The Kier molecular flexibility index (Phi) is 50.6. The first kappa shape index (κ1) is 61.1. The molecule has 1 radical (unpaired) electrons. The van der Waals surface area contributed by atoms with E-state index in [2.05, 4.69) is 26.8 Å². The normalized spacial score (nSPS) is 11.7. The van der Waals surface area contributed by atoms with Crippen LogP contribution in [0, 0.1) is 6.92 Å². The summed E-state index contributed by atoms with van der Waals surface area (Å²) in [6.07, 6.45) is 78.2. The molecule has 377 valence electrons. The molecule has 1 aromatic rings.